The number of benzene rings is 1. The molecule has 0 amide bonds. The van der Waals surface area contributed by atoms with Crippen LogP contribution >= 0.6 is 15.9 Å². The summed E-state index contributed by atoms with van der Waals surface area (Å²) in [5.74, 6) is -0.900. The van der Waals surface area contributed by atoms with Gasteiger partial charge >= 0.3 is 5.97 Å². The summed E-state index contributed by atoms with van der Waals surface area (Å²) >= 11 is 3.18. The van der Waals surface area contributed by atoms with Crippen molar-refractivity contribution in [2.45, 2.75) is 26.7 Å². The molecule has 1 unspecified atom stereocenters. The van der Waals surface area contributed by atoms with Crippen LogP contribution in [-0.4, -0.2) is 16.0 Å². The molecule has 5 nitrogen and oxygen atoms in total. The number of carbonyl (C=O) groups is 1. The summed E-state index contributed by atoms with van der Waals surface area (Å²) in [5.41, 5.74) is -0.329. The second kappa shape index (κ2) is 5.48. The number of nitro groups is 1. The highest BCUT2D eigenvalue weighted by molar-refractivity contribution is 9.10. The van der Waals surface area contributed by atoms with E-state index >= 15 is 0 Å². The van der Waals surface area contributed by atoms with Crippen LogP contribution < -0.4 is 0 Å². The van der Waals surface area contributed by atoms with Crippen molar-refractivity contribution in [1.82, 2.24) is 0 Å². The first kappa shape index (κ1) is 14.6. The van der Waals surface area contributed by atoms with E-state index in [1.807, 2.05) is 0 Å². The lowest BCUT2D eigenvalue weighted by molar-refractivity contribution is -0.385. The zero-order valence-corrected chi connectivity index (χ0v) is 11.7. The molecule has 0 spiro atoms. The van der Waals surface area contributed by atoms with Gasteiger partial charge in [0.05, 0.1) is 14.8 Å². The van der Waals surface area contributed by atoms with E-state index in [1.54, 1.807) is 26.0 Å². The van der Waals surface area contributed by atoms with Gasteiger partial charge in [-0.05, 0) is 41.3 Å². The highest BCUT2D eigenvalue weighted by Crippen LogP contribution is 2.34. The van der Waals surface area contributed by atoms with Gasteiger partial charge in [-0.1, -0.05) is 19.1 Å². The predicted octanol–water partition coefficient (Wildman–Crippen LogP) is 3.40. The van der Waals surface area contributed by atoms with Crippen LogP contribution in [-0.2, 0) is 11.2 Å². The number of carboxylic acids is 1. The summed E-state index contributed by atoms with van der Waals surface area (Å²) in [6, 6.07) is 4.65. The van der Waals surface area contributed by atoms with Gasteiger partial charge in [0, 0.05) is 6.07 Å². The molecule has 1 N–H and O–H groups in total. The molecule has 1 atom stereocenters. The average Bonchev–Trinajstić information content (AvgIpc) is 2.31. The Balaban J connectivity index is 3.16. The third-order valence-electron chi connectivity index (χ3n) is 3.13. The number of rotatable bonds is 5. The Morgan fingerprint density at radius 1 is 1.56 bits per heavy atom. The van der Waals surface area contributed by atoms with Crippen molar-refractivity contribution in [1.29, 1.82) is 0 Å². The fourth-order valence-corrected chi connectivity index (χ4v) is 2.17. The fourth-order valence-electron chi connectivity index (χ4n) is 1.62. The van der Waals surface area contributed by atoms with E-state index < -0.39 is 16.3 Å². The maximum absolute atomic E-state index is 11.2. The molecule has 18 heavy (non-hydrogen) atoms. The van der Waals surface area contributed by atoms with Crippen LogP contribution in [0.25, 0.3) is 0 Å². The molecule has 1 aromatic carbocycles. The second-order valence-corrected chi connectivity index (χ2v) is 5.20. The monoisotopic (exact) mass is 315 g/mol. The molecule has 0 radical (unpaired) electrons. The first-order chi connectivity index (χ1) is 8.31. The lowest BCUT2D eigenvalue weighted by Gasteiger charge is -2.23. The third-order valence-corrected chi connectivity index (χ3v) is 4.05. The summed E-state index contributed by atoms with van der Waals surface area (Å²) < 4.78 is 0.357. The Bertz CT molecular complexity index is 489. The number of hydrogen-bond donors (Lipinski definition) is 1. The van der Waals surface area contributed by atoms with Gasteiger partial charge in [-0.2, -0.15) is 0 Å². The minimum absolute atomic E-state index is 0.0451. The molecule has 0 bridgehead atoms. The van der Waals surface area contributed by atoms with E-state index in [2.05, 4.69) is 15.9 Å². The number of carboxylic acid groups (broad SMARTS) is 1. The third kappa shape index (κ3) is 2.87. The minimum Gasteiger partial charge on any atom is -0.481 e. The molecule has 0 aromatic heterocycles. The Morgan fingerprint density at radius 2 is 2.17 bits per heavy atom. The zero-order chi connectivity index (χ0) is 13.9. The van der Waals surface area contributed by atoms with Gasteiger partial charge in [0.2, 0.25) is 0 Å². The lowest BCUT2D eigenvalue weighted by atomic mass is 9.81. The second-order valence-electron chi connectivity index (χ2n) is 4.40. The number of halogens is 1. The molecule has 1 aromatic rings. The molecular weight excluding hydrogens is 302 g/mol. The van der Waals surface area contributed by atoms with Crippen molar-refractivity contribution in [2.75, 3.05) is 0 Å². The van der Waals surface area contributed by atoms with Gasteiger partial charge < -0.3 is 5.11 Å². The van der Waals surface area contributed by atoms with E-state index in [9.17, 15) is 20.0 Å². The number of nitrogens with zero attached hydrogens (tertiary/aromatic N) is 1. The van der Waals surface area contributed by atoms with Crippen LogP contribution in [0.3, 0.4) is 0 Å². The van der Waals surface area contributed by atoms with Crippen LogP contribution in [0.5, 0.6) is 0 Å². The van der Waals surface area contributed by atoms with Gasteiger partial charge in [0.1, 0.15) is 0 Å². The minimum atomic E-state index is -0.919. The Hall–Kier alpha value is -1.43. The van der Waals surface area contributed by atoms with Gasteiger partial charge in [-0.25, -0.2) is 0 Å². The molecule has 6 heteroatoms. The molecule has 0 aliphatic heterocycles. The van der Waals surface area contributed by atoms with Gasteiger partial charge in [0.25, 0.3) is 5.69 Å². The highest BCUT2D eigenvalue weighted by Gasteiger charge is 2.32. The predicted molar refractivity (Wildman–Crippen MR) is 70.5 cm³/mol. The smallest absolute Gasteiger partial charge is 0.309 e. The number of aliphatic carboxylic acids is 1. The first-order valence-electron chi connectivity index (χ1n) is 5.47. The molecule has 0 heterocycles. The fraction of sp³-hybridized carbons (Fsp3) is 0.417. The van der Waals surface area contributed by atoms with Crippen LogP contribution in [0.4, 0.5) is 5.69 Å². The van der Waals surface area contributed by atoms with E-state index in [1.165, 1.54) is 6.07 Å². The maximum Gasteiger partial charge on any atom is 0.309 e. The van der Waals surface area contributed by atoms with Crippen molar-refractivity contribution in [3.05, 3.63) is 38.3 Å². The lowest BCUT2D eigenvalue weighted by Crippen LogP contribution is -2.29. The standard InChI is InChI=1S/C12H14BrNO4/c1-3-12(2,11(15)16)7-8-5-4-6-9(10(8)13)14(17)18/h4-6H,3,7H2,1-2H3,(H,15,16). The summed E-state index contributed by atoms with van der Waals surface area (Å²) in [6.07, 6.45) is 0.707. The largest absolute Gasteiger partial charge is 0.481 e. The SMILES string of the molecule is CCC(C)(Cc1cccc([N+](=O)[O-])c1Br)C(=O)O. The Labute approximate surface area is 113 Å². The zero-order valence-electron chi connectivity index (χ0n) is 10.1. The van der Waals surface area contributed by atoms with E-state index in [4.69, 9.17) is 0 Å². The molecule has 0 aliphatic rings. The van der Waals surface area contributed by atoms with Gasteiger partial charge in [-0.15, -0.1) is 0 Å². The van der Waals surface area contributed by atoms with Gasteiger partial charge in [-0.3, -0.25) is 14.9 Å². The van der Waals surface area contributed by atoms with Crippen molar-refractivity contribution in [3.63, 3.8) is 0 Å². The Morgan fingerprint density at radius 3 is 2.61 bits per heavy atom. The summed E-state index contributed by atoms with van der Waals surface area (Å²) in [7, 11) is 0. The van der Waals surface area contributed by atoms with E-state index in [-0.39, 0.29) is 12.1 Å². The van der Waals surface area contributed by atoms with Crippen molar-refractivity contribution in [3.8, 4) is 0 Å². The molecule has 0 saturated heterocycles. The van der Waals surface area contributed by atoms with Crippen molar-refractivity contribution < 1.29 is 14.8 Å². The summed E-state index contributed by atoms with van der Waals surface area (Å²) in [6.45, 7) is 3.43. The molecule has 0 fully saturated rings. The van der Waals surface area contributed by atoms with E-state index in [0.29, 0.717) is 16.5 Å². The maximum atomic E-state index is 11.2. The average molecular weight is 316 g/mol. The molecule has 0 aliphatic carbocycles. The highest BCUT2D eigenvalue weighted by atomic mass is 79.9. The Kier molecular flexibility index (Phi) is 4.45. The van der Waals surface area contributed by atoms with Crippen LogP contribution in [0.15, 0.2) is 22.7 Å². The number of nitro benzene ring substituents is 1. The first-order valence-corrected chi connectivity index (χ1v) is 6.26. The van der Waals surface area contributed by atoms with Crippen molar-refractivity contribution >= 4 is 27.6 Å². The van der Waals surface area contributed by atoms with Crippen molar-refractivity contribution in [2.24, 2.45) is 5.41 Å². The molecule has 0 saturated carbocycles. The topological polar surface area (TPSA) is 80.4 Å². The van der Waals surface area contributed by atoms with Crippen LogP contribution in [0, 0.1) is 15.5 Å². The molecule has 1 rings (SSSR count). The van der Waals surface area contributed by atoms with Crippen LogP contribution in [0.2, 0.25) is 0 Å². The molecule has 98 valence electrons. The quantitative estimate of drug-likeness (QED) is 0.667. The van der Waals surface area contributed by atoms with E-state index in [0.717, 1.165) is 0 Å². The van der Waals surface area contributed by atoms with Gasteiger partial charge in [0.15, 0.2) is 0 Å². The summed E-state index contributed by atoms with van der Waals surface area (Å²) in [4.78, 5) is 21.6. The molecular formula is C12H14BrNO4. The summed E-state index contributed by atoms with van der Waals surface area (Å²) in [5, 5.41) is 20.0. The van der Waals surface area contributed by atoms with Crippen LogP contribution in [0.1, 0.15) is 25.8 Å². The normalized spacial score (nSPS) is 13.9. The number of hydrogen-bond acceptors (Lipinski definition) is 3.